The summed E-state index contributed by atoms with van der Waals surface area (Å²) in [5.74, 6) is 0.0965. The Morgan fingerprint density at radius 2 is 2.28 bits per heavy atom. The summed E-state index contributed by atoms with van der Waals surface area (Å²) in [5.41, 5.74) is 2.49. The van der Waals surface area contributed by atoms with E-state index in [9.17, 15) is 4.79 Å². The SMILES string of the molecule is Cc1ccc(C#N)cc1NCC(=O)N(C)C1CC1. The molecule has 1 aromatic rings. The highest BCUT2D eigenvalue weighted by molar-refractivity contribution is 5.81. The topological polar surface area (TPSA) is 56.1 Å². The number of carbonyl (C=O) groups is 1. The third-order valence-corrected chi connectivity index (χ3v) is 3.28. The number of anilines is 1. The van der Waals surface area contributed by atoms with E-state index in [0.29, 0.717) is 11.6 Å². The Hall–Kier alpha value is -2.02. The van der Waals surface area contributed by atoms with E-state index in [2.05, 4.69) is 11.4 Å². The fourth-order valence-corrected chi connectivity index (χ4v) is 1.84. The van der Waals surface area contributed by atoms with Gasteiger partial charge in [-0.1, -0.05) is 6.07 Å². The molecule has 1 aromatic carbocycles. The van der Waals surface area contributed by atoms with Crippen LogP contribution in [0.2, 0.25) is 0 Å². The Kier molecular flexibility index (Phi) is 3.52. The van der Waals surface area contributed by atoms with E-state index in [4.69, 9.17) is 5.26 Å². The largest absolute Gasteiger partial charge is 0.376 e. The highest BCUT2D eigenvalue weighted by Crippen LogP contribution is 2.25. The second-order valence-corrected chi connectivity index (χ2v) is 4.73. The number of carbonyl (C=O) groups excluding carboxylic acids is 1. The lowest BCUT2D eigenvalue weighted by Crippen LogP contribution is -2.33. The summed E-state index contributed by atoms with van der Waals surface area (Å²) in [6.45, 7) is 2.24. The zero-order chi connectivity index (χ0) is 13.1. The van der Waals surface area contributed by atoms with Crippen molar-refractivity contribution in [3.05, 3.63) is 29.3 Å². The van der Waals surface area contributed by atoms with Gasteiger partial charge in [-0.25, -0.2) is 0 Å². The van der Waals surface area contributed by atoms with Crippen LogP contribution in [0.25, 0.3) is 0 Å². The number of hydrogen-bond donors (Lipinski definition) is 1. The van der Waals surface area contributed by atoms with Gasteiger partial charge in [0.1, 0.15) is 0 Å². The number of aryl methyl sites for hydroxylation is 1. The molecule has 2 rings (SSSR count). The van der Waals surface area contributed by atoms with Crippen molar-refractivity contribution in [3.8, 4) is 6.07 Å². The number of likely N-dealkylation sites (N-methyl/N-ethyl adjacent to an activating group) is 1. The molecule has 0 bridgehead atoms. The number of nitrogens with zero attached hydrogens (tertiary/aromatic N) is 2. The standard InChI is InChI=1S/C14H17N3O/c1-10-3-4-11(8-15)7-13(10)16-9-14(18)17(2)12-5-6-12/h3-4,7,12,16H,5-6,9H2,1-2H3. The predicted octanol–water partition coefficient (Wildman–Crippen LogP) is 1.90. The van der Waals surface area contributed by atoms with Gasteiger partial charge in [0.25, 0.3) is 0 Å². The van der Waals surface area contributed by atoms with E-state index in [1.807, 2.05) is 20.0 Å². The van der Waals surface area contributed by atoms with Crippen LogP contribution in [-0.4, -0.2) is 30.4 Å². The average molecular weight is 243 g/mol. The lowest BCUT2D eigenvalue weighted by atomic mass is 10.1. The normalized spacial score (nSPS) is 13.8. The van der Waals surface area contributed by atoms with Gasteiger partial charge >= 0.3 is 0 Å². The van der Waals surface area contributed by atoms with Gasteiger partial charge in [0.05, 0.1) is 18.2 Å². The first kappa shape index (κ1) is 12.4. The lowest BCUT2D eigenvalue weighted by molar-refractivity contribution is -0.128. The van der Waals surface area contributed by atoms with Gasteiger partial charge < -0.3 is 10.2 Å². The van der Waals surface area contributed by atoms with Crippen LogP contribution in [0.4, 0.5) is 5.69 Å². The molecule has 0 aliphatic heterocycles. The maximum atomic E-state index is 11.9. The van der Waals surface area contributed by atoms with Gasteiger partial charge in [-0.2, -0.15) is 5.26 Å². The first-order chi connectivity index (χ1) is 8.61. The molecule has 1 N–H and O–H groups in total. The van der Waals surface area contributed by atoms with Crippen molar-refractivity contribution in [1.29, 1.82) is 5.26 Å². The fourth-order valence-electron chi connectivity index (χ4n) is 1.84. The highest BCUT2D eigenvalue weighted by atomic mass is 16.2. The minimum absolute atomic E-state index is 0.0965. The molecule has 1 saturated carbocycles. The van der Waals surface area contributed by atoms with E-state index < -0.39 is 0 Å². The molecule has 0 radical (unpaired) electrons. The Balaban J connectivity index is 1.97. The summed E-state index contributed by atoms with van der Waals surface area (Å²) < 4.78 is 0. The van der Waals surface area contributed by atoms with Crippen LogP contribution >= 0.6 is 0 Å². The van der Waals surface area contributed by atoms with Crippen molar-refractivity contribution < 1.29 is 4.79 Å². The smallest absolute Gasteiger partial charge is 0.241 e. The van der Waals surface area contributed by atoms with Crippen molar-refractivity contribution in [2.75, 3.05) is 18.9 Å². The van der Waals surface area contributed by atoms with Gasteiger partial charge in [0.2, 0.25) is 5.91 Å². The molecule has 94 valence electrons. The maximum absolute atomic E-state index is 11.9. The minimum Gasteiger partial charge on any atom is -0.376 e. The molecule has 1 aliphatic rings. The minimum atomic E-state index is 0.0965. The van der Waals surface area contributed by atoms with Gasteiger partial charge in [0, 0.05) is 18.8 Å². The average Bonchev–Trinajstić information content (AvgIpc) is 3.20. The first-order valence-electron chi connectivity index (χ1n) is 6.12. The van der Waals surface area contributed by atoms with Crippen LogP contribution in [0.3, 0.4) is 0 Å². The van der Waals surface area contributed by atoms with Crippen molar-refractivity contribution in [2.24, 2.45) is 0 Å². The second-order valence-electron chi connectivity index (χ2n) is 4.73. The molecule has 0 aromatic heterocycles. The quantitative estimate of drug-likeness (QED) is 0.878. The molecule has 18 heavy (non-hydrogen) atoms. The molecular weight excluding hydrogens is 226 g/mol. The van der Waals surface area contributed by atoms with Crippen LogP contribution in [-0.2, 0) is 4.79 Å². The summed E-state index contributed by atoms with van der Waals surface area (Å²) in [5, 5.41) is 12.0. The molecule has 1 amide bonds. The maximum Gasteiger partial charge on any atom is 0.241 e. The molecule has 0 atom stereocenters. The number of benzene rings is 1. The number of nitrogens with one attached hydrogen (secondary N) is 1. The molecule has 0 unspecified atom stereocenters. The second kappa shape index (κ2) is 5.09. The van der Waals surface area contributed by atoms with E-state index >= 15 is 0 Å². The van der Waals surface area contributed by atoms with Crippen molar-refractivity contribution in [2.45, 2.75) is 25.8 Å². The summed E-state index contributed by atoms with van der Waals surface area (Å²) in [4.78, 5) is 13.7. The molecule has 0 heterocycles. The van der Waals surface area contributed by atoms with Crippen molar-refractivity contribution >= 4 is 11.6 Å². The summed E-state index contributed by atoms with van der Waals surface area (Å²) >= 11 is 0. The molecule has 1 aliphatic carbocycles. The third-order valence-electron chi connectivity index (χ3n) is 3.28. The lowest BCUT2D eigenvalue weighted by Gasteiger charge is -2.17. The van der Waals surface area contributed by atoms with Crippen molar-refractivity contribution in [3.63, 3.8) is 0 Å². The Bertz CT molecular complexity index is 500. The summed E-state index contributed by atoms with van der Waals surface area (Å²) in [6.07, 6.45) is 2.23. The van der Waals surface area contributed by atoms with Gasteiger partial charge in [-0.3, -0.25) is 4.79 Å². The Morgan fingerprint density at radius 3 is 2.89 bits per heavy atom. The van der Waals surface area contributed by atoms with E-state index in [1.54, 1.807) is 17.0 Å². The van der Waals surface area contributed by atoms with E-state index in [0.717, 1.165) is 24.1 Å². The van der Waals surface area contributed by atoms with Gasteiger partial charge in [-0.15, -0.1) is 0 Å². The molecule has 4 nitrogen and oxygen atoms in total. The van der Waals surface area contributed by atoms with Crippen LogP contribution in [0, 0.1) is 18.3 Å². The monoisotopic (exact) mass is 243 g/mol. The predicted molar refractivity (Wildman–Crippen MR) is 70.2 cm³/mol. The Morgan fingerprint density at radius 1 is 1.56 bits per heavy atom. The van der Waals surface area contributed by atoms with Crippen LogP contribution in [0.5, 0.6) is 0 Å². The zero-order valence-corrected chi connectivity index (χ0v) is 10.7. The third kappa shape index (κ3) is 2.80. The molecular formula is C14H17N3O. The summed E-state index contributed by atoms with van der Waals surface area (Å²) in [6, 6.07) is 7.97. The first-order valence-corrected chi connectivity index (χ1v) is 6.12. The highest BCUT2D eigenvalue weighted by Gasteiger charge is 2.29. The Labute approximate surface area is 107 Å². The van der Waals surface area contributed by atoms with Crippen LogP contribution in [0.1, 0.15) is 24.0 Å². The van der Waals surface area contributed by atoms with Crippen LogP contribution < -0.4 is 5.32 Å². The van der Waals surface area contributed by atoms with Crippen molar-refractivity contribution in [1.82, 2.24) is 4.90 Å². The summed E-state index contributed by atoms with van der Waals surface area (Å²) in [7, 11) is 1.85. The van der Waals surface area contributed by atoms with Gasteiger partial charge in [-0.05, 0) is 37.5 Å². The molecule has 4 heteroatoms. The zero-order valence-electron chi connectivity index (χ0n) is 10.7. The number of hydrogen-bond acceptors (Lipinski definition) is 3. The van der Waals surface area contributed by atoms with Crippen LogP contribution in [0.15, 0.2) is 18.2 Å². The fraction of sp³-hybridized carbons (Fsp3) is 0.429. The number of amides is 1. The number of rotatable bonds is 4. The van der Waals surface area contributed by atoms with E-state index in [-0.39, 0.29) is 12.5 Å². The van der Waals surface area contributed by atoms with Gasteiger partial charge in [0.15, 0.2) is 0 Å². The number of nitriles is 1. The molecule has 1 fully saturated rings. The molecule has 0 saturated heterocycles. The van der Waals surface area contributed by atoms with E-state index in [1.165, 1.54) is 0 Å². The molecule has 0 spiro atoms.